The van der Waals surface area contributed by atoms with E-state index < -0.39 is 9.84 Å². The number of hydrogen-bond donors (Lipinski definition) is 2. The van der Waals surface area contributed by atoms with Gasteiger partial charge in [-0.25, -0.2) is 13.4 Å². The molecular formula is C22H33IN4O4S. The maximum atomic E-state index is 11.8. The highest BCUT2D eigenvalue weighted by Gasteiger charge is 2.12. The summed E-state index contributed by atoms with van der Waals surface area (Å²) in [5.41, 5.74) is 1.70. The molecule has 3 rings (SSSR count). The number of hydrogen-bond acceptors (Lipinski definition) is 6. The number of halogens is 1. The summed E-state index contributed by atoms with van der Waals surface area (Å²) in [6, 6.07) is 9.20. The number of morpholine rings is 1. The van der Waals surface area contributed by atoms with Crippen molar-refractivity contribution in [3.8, 4) is 0 Å². The third kappa shape index (κ3) is 8.72. The molecule has 32 heavy (non-hydrogen) atoms. The minimum absolute atomic E-state index is 0. The van der Waals surface area contributed by atoms with Crippen molar-refractivity contribution in [1.82, 2.24) is 15.5 Å². The van der Waals surface area contributed by atoms with Crippen molar-refractivity contribution in [2.24, 2.45) is 4.99 Å². The maximum Gasteiger partial charge on any atom is 0.191 e. The van der Waals surface area contributed by atoms with E-state index in [0.29, 0.717) is 18.0 Å². The Bertz CT molecular complexity index is 958. The molecule has 0 atom stereocenters. The Kier molecular flexibility index (Phi) is 11.0. The van der Waals surface area contributed by atoms with Crippen LogP contribution >= 0.6 is 24.0 Å². The van der Waals surface area contributed by atoms with Crippen LogP contribution in [0.5, 0.6) is 0 Å². The molecule has 1 aliphatic rings. The highest BCUT2D eigenvalue weighted by Crippen LogP contribution is 2.17. The van der Waals surface area contributed by atoms with Crippen molar-refractivity contribution >= 4 is 39.8 Å². The van der Waals surface area contributed by atoms with Crippen molar-refractivity contribution in [2.75, 3.05) is 52.2 Å². The van der Waals surface area contributed by atoms with E-state index in [0.717, 1.165) is 68.7 Å². The molecule has 10 heteroatoms. The van der Waals surface area contributed by atoms with Gasteiger partial charge in [-0.3, -0.25) is 4.90 Å². The minimum Gasteiger partial charge on any atom is -0.469 e. The van der Waals surface area contributed by atoms with E-state index in [9.17, 15) is 8.42 Å². The number of furan rings is 1. The molecule has 0 saturated carbocycles. The molecule has 0 bridgehead atoms. The first-order chi connectivity index (χ1) is 14.9. The first kappa shape index (κ1) is 26.6. The lowest BCUT2D eigenvalue weighted by atomic mass is 10.1. The van der Waals surface area contributed by atoms with Crippen LogP contribution < -0.4 is 10.6 Å². The molecule has 0 unspecified atom stereocenters. The molecule has 0 amide bonds. The predicted octanol–water partition coefficient (Wildman–Crippen LogP) is 2.22. The van der Waals surface area contributed by atoms with Crippen LogP contribution in [0.25, 0.3) is 0 Å². The first-order valence-electron chi connectivity index (χ1n) is 10.6. The zero-order chi connectivity index (χ0) is 22.1. The predicted molar refractivity (Wildman–Crippen MR) is 137 cm³/mol. The number of nitrogens with one attached hydrogen (secondary N) is 2. The number of benzene rings is 1. The summed E-state index contributed by atoms with van der Waals surface area (Å²) in [5.74, 6) is 1.65. The van der Waals surface area contributed by atoms with Gasteiger partial charge in [0.1, 0.15) is 5.76 Å². The Morgan fingerprint density at radius 2 is 1.91 bits per heavy atom. The van der Waals surface area contributed by atoms with Crippen LogP contribution in [0.1, 0.15) is 16.9 Å². The van der Waals surface area contributed by atoms with E-state index in [4.69, 9.17) is 14.1 Å². The van der Waals surface area contributed by atoms with Crippen LogP contribution in [0, 0.1) is 6.92 Å². The van der Waals surface area contributed by atoms with E-state index in [-0.39, 0.29) is 24.0 Å². The van der Waals surface area contributed by atoms with Crippen LogP contribution in [0.2, 0.25) is 0 Å². The van der Waals surface area contributed by atoms with E-state index in [1.807, 2.05) is 31.2 Å². The van der Waals surface area contributed by atoms with Gasteiger partial charge in [0, 0.05) is 45.4 Å². The number of aliphatic imine (C=N–C) groups is 1. The van der Waals surface area contributed by atoms with Gasteiger partial charge >= 0.3 is 0 Å². The highest BCUT2D eigenvalue weighted by molar-refractivity contribution is 14.0. The normalized spacial score (nSPS) is 15.2. The average Bonchev–Trinajstić information content (AvgIpc) is 3.25. The second kappa shape index (κ2) is 13.2. The Balaban J connectivity index is 0.00000363. The van der Waals surface area contributed by atoms with Gasteiger partial charge in [0.15, 0.2) is 15.8 Å². The highest BCUT2D eigenvalue weighted by atomic mass is 127. The molecule has 2 N–H and O–H groups in total. The summed E-state index contributed by atoms with van der Waals surface area (Å²) >= 11 is 0. The number of sulfone groups is 1. The van der Waals surface area contributed by atoms with Crippen LogP contribution in [0.4, 0.5) is 0 Å². The van der Waals surface area contributed by atoms with Crippen molar-refractivity contribution in [3.05, 3.63) is 53.5 Å². The molecule has 0 spiro atoms. The number of guanidine groups is 1. The Hall–Kier alpha value is -1.63. The van der Waals surface area contributed by atoms with Gasteiger partial charge in [-0.15, -0.1) is 24.0 Å². The standard InChI is InChI=1S/C22H32N4O4S.HI/c1-18-16-19(5-6-21(18)31(2,27)28)17-25-22(23-8-7-20-4-3-13-30-20)24-9-10-26-11-14-29-15-12-26;/h3-6,13,16H,7-12,14-15,17H2,1-2H3,(H2,23,24,25);1H. The van der Waals surface area contributed by atoms with Crippen molar-refractivity contribution in [3.63, 3.8) is 0 Å². The van der Waals surface area contributed by atoms with Gasteiger partial charge < -0.3 is 19.8 Å². The summed E-state index contributed by atoms with van der Waals surface area (Å²) in [5, 5.41) is 6.75. The third-order valence-corrected chi connectivity index (χ3v) is 6.38. The van der Waals surface area contributed by atoms with Gasteiger partial charge in [-0.2, -0.15) is 0 Å². The van der Waals surface area contributed by atoms with E-state index in [2.05, 4.69) is 15.5 Å². The molecule has 2 heterocycles. The Labute approximate surface area is 207 Å². The third-order valence-electron chi connectivity index (χ3n) is 5.13. The van der Waals surface area contributed by atoms with E-state index in [1.165, 1.54) is 6.26 Å². The molecule has 1 saturated heterocycles. The summed E-state index contributed by atoms with van der Waals surface area (Å²) in [4.78, 5) is 7.43. The monoisotopic (exact) mass is 576 g/mol. The van der Waals surface area contributed by atoms with E-state index >= 15 is 0 Å². The zero-order valence-electron chi connectivity index (χ0n) is 18.7. The fourth-order valence-corrected chi connectivity index (χ4v) is 4.45. The van der Waals surface area contributed by atoms with Gasteiger partial charge in [0.05, 0.1) is 30.9 Å². The van der Waals surface area contributed by atoms with Crippen molar-refractivity contribution in [1.29, 1.82) is 0 Å². The second-order valence-corrected chi connectivity index (χ2v) is 9.66. The van der Waals surface area contributed by atoms with Crippen LogP contribution in [-0.2, 0) is 27.5 Å². The van der Waals surface area contributed by atoms with Crippen LogP contribution in [-0.4, -0.2) is 71.5 Å². The summed E-state index contributed by atoms with van der Waals surface area (Å²) in [6.07, 6.45) is 3.67. The lowest BCUT2D eigenvalue weighted by Crippen LogP contribution is -2.44. The van der Waals surface area contributed by atoms with Crippen LogP contribution in [0.15, 0.2) is 50.9 Å². The zero-order valence-corrected chi connectivity index (χ0v) is 21.8. The lowest BCUT2D eigenvalue weighted by Gasteiger charge is -2.26. The van der Waals surface area contributed by atoms with Gasteiger partial charge in [0.25, 0.3) is 0 Å². The second-order valence-electron chi connectivity index (χ2n) is 7.67. The van der Waals surface area contributed by atoms with E-state index in [1.54, 1.807) is 12.3 Å². The molecule has 0 aliphatic carbocycles. The lowest BCUT2D eigenvalue weighted by molar-refractivity contribution is 0.0389. The smallest absolute Gasteiger partial charge is 0.191 e. The SMILES string of the molecule is Cc1cc(CN=C(NCCc2ccco2)NCCN2CCOCC2)ccc1S(C)(=O)=O.I. The molecule has 1 fully saturated rings. The maximum absolute atomic E-state index is 11.8. The largest absolute Gasteiger partial charge is 0.469 e. The molecule has 1 aromatic carbocycles. The Morgan fingerprint density at radius 3 is 2.56 bits per heavy atom. The van der Waals surface area contributed by atoms with Crippen molar-refractivity contribution in [2.45, 2.75) is 24.8 Å². The van der Waals surface area contributed by atoms with Crippen molar-refractivity contribution < 1.29 is 17.6 Å². The average molecular weight is 577 g/mol. The first-order valence-corrected chi connectivity index (χ1v) is 12.5. The number of aryl methyl sites for hydroxylation is 1. The summed E-state index contributed by atoms with van der Waals surface area (Å²) < 4.78 is 34.4. The molecule has 0 radical (unpaired) electrons. The Morgan fingerprint density at radius 1 is 1.16 bits per heavy atom. The van der Waals surface area contributed by atoms with Gasteiger partial charge in [-0.05, 0) is 36.2 Å². The fraction of sp³-hybridized carbons (Fsp3) is 0.500. The van der Waals surface area contributed by atoms with Gasteiger partial charge in [0.2, 0.25) is 0 Å². The van der Waals surface area contributed by atoms with Crippen LogP contribution in [0.3, 0.4) is 0 Å². The molecular weight excluding hydrogens is 543 g/mol. The molecule has 1 aromatic heterocycles. The van der Waals surface area contributed by atoms with Gasteiger partial charge in [-0.1, -0.05) is 12.1 Å². The quantitative estimate of drug-likeness (QED) is 0.269. The number of nitrogens with zero attached hydrogens (tertiary/aromatic N) is 2. The summed E-state index contributed by atoms with van der Waals surface area (Å²) in [7, 11) is -3.22. The molecule has 2 aromatic rings. The number of rotatable bonds is 9. The summed E-state index contributed by atoms with van der Waals surface area (Å²) in [6.45, 7) is 8.13. The molecule has 1 aliphatic heterocycles. The minimum atomic E-state index is -3.22. The molecule has 8 nitrogen and oxygen atoms in total. The topological polar surface area (TPSA) is 96.2 Å². The molecule has 178 valence electrons. The number of ether oxygens (including phenoxy) is 1. The fourth-order valence-electron chi connectivity index (χ4n) is 3.49.